The minimum absolute atomic E-state index is 0.0522. The van der Waals surface area contributed by atoms with Crippen molar-refractivity contribution in [1.29, 1.82) is 0 Å². The van der Waals surface area contributed by atoms with E-state index in [0.29, 0.717) is 18.4 Å². The molecular weight excluding hydrogens is 284 g/mol. The molecule has 0 fully saturated rings. The van der Waals surface area contributed by atoms with Crippen LogP contribution in [0.25, 0.3) is 0 Å². The summed E-state index contributed by atoms with van der Waals surface area (Å²) in [6, 6.07) is 5.17. The summed E-state index contributed by atoms with van der Waals surface area (Å²) in [4.78, 5) is 36.4. The van der Waals surface area contributed by atoms with Gasteiger partial charge in [0.05, 0.1) is 5.41 Å². The highest BCUT2D eigenvalue weighted by molar-refractivity contribution is 5.99. The number of carboxylic acids is 1. The lowest BCUT2D eigenvalue weighted by Gasteiger charge is -2.26. The van der Waals surface area contributed by atoms with Crippen molar-refractivity contribution in [3.05, 3.63) is 29.3 Å². The fourth-order valence-electron chi connectivity index (χ4n) is 2.28. The summed E-state index contributed by atoms with van der Waals surface area (Å²) in [7, 11) is 1.72. The molecule has 2 rings (SSSR count). The minimum atomic E-state index is -1.02. The van der Waals surface area contributed by atoms with E-state index in [4.69, 9.17) is 5.11 Å². The number of anilines is 1. The number of carbonyl (C=O) groups is 3. The first kappa shape index (κ1) is 16.0. The van der Waals surface area contributed by atoms with E-state index < -0.39 is 11.4 Å². The lowest BCUT2D eigenvalue weighted by molar-refractivity contribution is -0.146. The molecule has 1 aliphatic heterocycles. The van der Waals surface area contributed by atoms with Gasteiger partial charge < -0.3 is 15.3 Å². The Morgan fingerprint density at radius 1 is 1.32 bits per heavy atom. The van der Waals surface area contributed by atoms with E-state index in [1.54, 1.807) is 44.0 Å². The molecule has 6 heteroatoms. The Balaban J connectivity index is 2.12. The monoisotopic (exact) mass is 304 g/mol. The van der Waals surface area contributed by atoms with Crippen molar-refractivity contribution >= 4 is 23.5 Å². The quantitative estimate of drug-likeness (QED) is 0.881. The van der Waals surface area contributed by atoms with Gasteiger partial charge in [0.2, 0.25) is 5.91 Å². The van der Waals surface area contributed by atoms with E-state index in [1.165, 1.54) is 0 Å². The van der Waals surface area contributed by atoms with Crippen LogP contribution in [0.1, 0.15) is 36.2 Å². The van der Waals surface area contributed by atoms with Crippen molar-refractivity contribution in [3.8, 4) is 0 Å². The van der Waals surface area contributed by atoms with Gasteiger partial charge in [-0.25, -0.2) is 0 Å². The minimum Gasteiger partial charge on any atom is -0.481 e. The summed E-state index contributed by atoms with van der Waals surface area (Å²) in [5, 5.41) is 11.7. The molecule has 0 aliphatic carbocycles. The number of rotatable bonds is 4. The van der Waals surface area contributed by atoms with Crippen molar-refractivity contribution in [2.75, 3.05) is 18.5 Å². The number of aliphatic carboxylic acids is 1. The summed E-state index contributed by atoms with van der Waals surface area (Å²) < 4.78 is 0. The van der Waals surface area contributed by atoms with Crippen molar-refractivity contribution in [1.82, 2.24) is 5.32 Å². The number of nitrogens with zero attached hydrogens (tertiary/aromatic N) is 1. The molecule has 0 bridgehead atoms. The standard InChI is InChI=1S/C16H20N2O4/c1-16(2,15(21)22)9-17-14(20)11-4-6-12-10(8-11)5-7-13(19)18(12)3/h4,6,8H,5,7,9H2,1-3H3,(H,17,20)(H,21,22). The normalized spacial score (nSPS) is 14.5. The van der Waals surface area contributed by atoms with Crippen LogP contribution in [0, 0.1) is 5.41 Å². The third-order valence-electron chi connectivity index (χ3n) is 3.96. The third-order valence-corrected chi connectivity index (χ3v) is 3.96. The van der Waals surface area contributed by atoms with E-state index in [-0.39, 0.29) is 18.4 Å². The van der Waals surface area contributed by atoms with Gasteiger partial charge in [-0.15, -0.1) is 0 Å². The topological polar surface area (TPSA) is 86.7 Å². The maximum absolute atomic E-state index is 12.2. The second-order valence-corrected chi connectivity index (χ2v) is 6.17. The van der Waals surface area contributed by atoms with Gasteiger partial charge in [0, 0.05) is 31.3 Å². The van der Waals surface area contributed by atoms with Gasteiger partial charge in [0.15, 0.2) is 0 Å². The fraction of sp³-hybridized carbons (Fsp3) is 0.438. The summed E-state index contributed by atoms with van der Waals surface area (Å²) in [5.41, 5.74) is 1.23. The number of aryl methyl sites for hydroxylation is 1. The molecule has 1 aromatic carbocycles. The molecule has 0 aromatic heterocycles. The SMILES string of the molecule is CN1C(=O)CCc2cc(C(=O)NCC(C)(C)C(=O)O)ccc21. The molecule has 0 unspecified atom stereocenters. The zero-order valence-corrected chi connectivity index (χ0v) is 13.0. The van der Waals surface area contributed by atoms with Gasteiger partial charge in [-0.2, -0.15) is 0 Å². The average molecular weight is 304 g/mol. The van der Waals surface area contributed by atoms with Crippen LogP contribution in [0.4, 0.5) is 5.69 Å². The zero-order valence-electron chi connectivity index (χ0n) is 13.0. The molecule has 0 spiro atoms. The Labute approximate surface area is 129 Å². The van der Waals surface area contributed by atoms with Crippen LogP contribution in [0.15, 0.2) is 18.2 Å². The van der Waals surface area contributed by atoms with E-state index in [2.05, 4.69) is 5.32 Å². The Hall–Kier alpha value is -2.37. The molecule has 1 aromatic rings. The first-order valence-corrected chi connectivity index (χ1v) is 7.13. The number of carboxylic acid groups (broad SMARTS) is 1. The van der Waals surface area contributed by atoms with Crippen LogP contribution < -0.4 is 10.2 Å². The van der Waals surface area contributed by atoms with E-state index >= 15 is 0 Å². The maximum Gasteiger partial charge on any atom is 0.310 e. The molecule has 0 saturated carbocycles. The first-order chi connectivity index (χ1) is 10.2. The van der Waals surface area contributed by atoms with Gasteiger partial charge in [0.1, 0.15) is 0 Å². The molecule has 0 radical (unpaired) electrons. The van der Waals surface area contributed by atoms with Crippen molar-refractivity contribution in [2.24, 2.45) is 5.41 Å². The predicted molar refractivity (Wildman–Crippen MR) is 81.9 cm³/mol. The second-order valence-electron chi connectivity index (χ2n) is 6.17. The largest absolute Gasteiger partial charge is 0.481 e. The fourth-order valence-corrected chi connectivity index (χ4v) is 2.28. The van der Waals surface area contributed by atoms with Crippen LogP contribution in [-0.2, 0) is 16.0 Å². The predicted octanol–water partition coefficient (Wildman–Crippen LogP) is 1.44. The van der Waals surface area contributed by atoms with Gasteiger partial charge in [0.25, 0.3) is 5.91 Å². The lowest BCUT2D eigenvalue weighted by atomic mass is 9.93. The van der Waals surface area contributed by atoms with Gasteiger partial charge in [-0.1, -0.05) is 0 Å². The number of hydrogen-bond acceptors (Lipinski definition) is 3. The second kappa shape index (κ2) is 5.79. The molecule has 1 heterocycles. The molecule has 2 amide bonds. The zero-order chi connectivity index (χ0) is 16.5. The Bertz CT molecular complexity index is 637. The highest BCUT2D eigenvalue weighted by Gasteiger charge is 2.28. The van der Waals surface area contributed by atoms with Crippen LogP contribution >= 0.6 is 0 Å². The molecular formula is C16H20N2O4. The Kier molecular flexibility index (Phi) is 4.21. The first-order valence-electron chi connectivity index (χ1n) is 7.13. The lowest BCUT2D eigenvalue weighted by Crippen LogP contribution is -2.39. The molecule has 2 N–H and O–H groups in total. The molecule has 22 heavy (non-hydrogen) atoms. The summed E-state index contributed by atoms with van der Waals surface area (Å²) in [6.07, 6.45) is 1.04. The summed E-state index contributed by atoms with van der Waals surface area (Å²) in [5.74, 6) is -1.21. The van der Waals surface area contributed by atoms with Crippen LogP contribution in [-0.4, -0.2) is 36.5 Å². The molecule has 0 saturated heterocycles. The van der Waals surface area contributed by atoms with Crippen molar-refractivity contribution in [2.45, 2.75) is 26.7 Å². The van der Waals surface area contributed by atoms with Crippen molar-refractivity contribution < 1.29 is 19.5 Å². The van der Waals surface area contributed by atoms with Gasteiger partial charge >= 0.3 is 5.97 Å². The summed E-state index contributed by atoms with van der Waals surface area (Å²) in [6.45, 7) is 3.17. The maximum atomic E-state index is 12.2. The highest BCUT2D eigenvalue weighted by Crippen LogP contribution is 2.27. The molecule has 1 aliphatic rings. The number of carbonyl (C=O) groups excluding carboxylic acids is 2. The van der Waals surface area contributed by atoms with E-state index in [0.717, 1.165) is 11.3 Å². The smallest absolute Gasteiger partial charge is 0.310 e. The molecule has 118 valence electrons. The average Bonchev–Trinajstić information content (AvgIpc) is 2.48. The van der Waals surface area contributed by atoms with Crippen LogP contribution in [0.2, 0.25) is 0 Å². The number of benzene rings is 1. The van der Waals surface area contributed by atoms with E-state index in [9.17, 15) is 14.4 Å². The Morgan fingerprint density at radius 2 is 2.00 bits per heavy atom. The van der Waals surface area contributed by atoms with Crippen molar-refractivity contribution in [3.63, 3.8) is 0 Å². The number of nitrogens with one attached hydrogen (secondary N) is 1. The third kappa shape index (κ3) is 3.10. The van der Waals surface area contributed by atoms with Gasteiger partial charge in [-0.3, -0.25) is 14.4 Å². The number of amides is 2. The van der Waals surface area contributed by atoms with E-state index in [1.807, 2.05) is 0 Å². The highest BCUT2D eigenvalue weighted by atomic mass is 16.4. The number of hydrogen-bond donors (Lipinski definition) is 2. The summed E-state index contributed by atoms with van der Waals surface area (Å²) >= 11 is 0. The number of fused-ring (bicyclic) bond motifs is 1. The Morgan fingerprint density at radius 3 is 2.64 bits per heavy atom. The van der Waals surface area contributed by atoms with Crippen LogP contribution in [0.3, 0.4) is 0 Å². The van der Waals surface area contributed by atoms with Gasteiger partial charge in [-0.05, 0) is 44.0 Å². The van der Waals surface area contributed by atoms with Crippen LogP contribution in [0.5, 0.6) is 0 Å². The molecule has 0 atom stereocenters. The molecule has 6 nitrogen and oxygen atoms in total.